The van der Waals surface area contributed by atoms with Gasteiger partial charge in [0.15, 0.2) is 16.7 Å². The first kappa shape index (κ1) is 20.8. The zero-order chi connectivity index (χ0) is 22.0. The molecule has 4 rings (SSSR count). The Kier molecular flexibility index (Phi) is 5.88. The van der Waals surface area contributed by atoms with Crippen molar-refractivity contribution in [1.82, 2.24) is 4.98 Å². The van der Waals surface area contributed by atoms with E-state index in [-0.39, 0.29) is 11.5 Å². The summed E-state index contributed by atoms with van der Waals surface area (Å²) in [4.78, 5) is 28.4. The van der Waals surface area contributed by atoms with Crippen LogP contribution in [0.15, 0.2) is 64.4 Å². The number of hydrogen-bond donors (Lipinski definition) is 1. The van der Waals surface area contributed by atoms with E-state index in [0.717, 1.165) is 11.1 Å². The highest BCUT2D eigenvalue weighted by Gasteiger charge is 2.15. The van der Waals surface area contributed by atoms with E-state index in [1.165, 1.54) is 18.3 Å². The molecule has 1 N–H and O–H groups in total. The lowest BCUT2D eigenvalue weighted by molar-refractivity contribution is 0.0994. The molecule has 156 valence electrons. The molecule has 0 unspecified atom stereocenters. The van der Waals surface area contributed by atoms with Crippen molar-refractivity contribution in [3.05, 3.63) is 76.3 Å². The lowest BCUT2D eigenvalue weighted by Crippen LogP contribution is -2.10. The molecule has 1 amide bonds. The number of carbonyl (C=O) groups excluding carboxylic acids is 2. The number of carbonyl (C=O) groups is 2. The molecule has 4 aromatic rings. The van der Waals surface area contributed by atoms with Gasteiger partial charge < -0.3 is 9.15 Å². The number of thiazole rings is 1. The van der Waals surface area contributed by atoms with Crippen LogP contribution in [0.5, 0.6) is 5.75 Å². The van der Waals surface area contributed by atoms with Gasteiger partial charge in [0.25, 0.3) is 5.91 Å². The fourth-order valence-corrected chi connectivity index (χ4v) is 3.90. The van der Waals surface area contributed by atoms with Gasteiger partial charge in [0.05, 0.1) is 17.8 Å². The van der Waals surface area contributed by atoms with Crippen LogP contribution in [-0.2, 0) is 0 Å². The minimum atomic E-state index is -0.403. The molecule has 0 spiro atoms. The summed E-state index contributed by atoms with van der Waals surface area (Å²) in [5.41, 5.74) is 2.90. The molecule has 31 heavy (non-hydrogen) atoms. The summed E-state index contributed by atoms with van der Waals surface area (Å²) in [6.45, 7) is 1.51. The average Bonchev–Trinajstić information content (AvgIpc) is 3.44. The number of amides is 1. The number of methoxy groups -OCH3 is 1. The monoisotopic (exact) mass is 452 g/mol. The van der Waals surface area contributed by atoms with Gasteiger partial charge in [0, 0.05) is 22.1 Å². The van der Waals surface area contributed by atoms with Crippen molar-refractivity contribution in [2.45, 2.75) is 6.92 Å². The maximum atomic E-state index is 12.6. The standard InChI is InChI=1S/C23H17ClN2O4S/c1-13(27)14-3-5-15(6-4-14)19-9-10-21(30-19)22(28)26-23-25-18(12-31-23)16-7-8-20(29-2)17(24)11-16/h3-12H,1-2H3,(H,25,26,28). The van der Waals surface area contributed by atoms with Gasteiger partial charge in [0.1, 0.15) is 11.5 Å². The summed E-state index contributed by atoms with van der Waals surface area (Å²) in [5, 5.41) is 5.50. The van der Waals surface area contributed by atoms with Crippen LogP contribution in [0.25, 0.3) is 22.6 Å². The molecule has 0 saturated carbocycles. The van der Waals surface area contributed by atoms with Crippen molar-refractivity contribution in [2.75, 3.05) is 12.4 Å². The van der Waals surface area contributed by atoms with E-state index in [4.69, 9.17) is 20.8 Å². The van der Waals surface area contributed by atoms with Crippen molar-refractivity contribution in [3.63, 3.8) is 0 Å². The molecule has 0 atom stereocenters. The molecule has 0 radical (unpaired) electrons. The van der Waals surface area contributed by atoms with Gasteiger partial charge in [-0.05, 0) is 37.3 Å². The van der Waals surface area contributed by atoms with Crippen LogP contribution in [0, 0.1) is 0 Å². The number of halogens is 1. The number of nitrogens with zero attached hydrogens (tertiary/aromatic N) is 1. The number of ketones is 1. The van der Waals surface area contributed by atoms with E-state index in [1.54, 1.807) is 55.6 Å². The Morgan fingerprint density at radius 2 is 1.81 bits per heavy atom. The second-order valence-electron chi connectivity index (χ2n) is 6.64. The third-order valence-electron chi connectivity index (χ3n) is 4.58. The van der Waals surface area contributed by atoms with E-state index in [9.17, 15) is 9.59 Å². The van der Waals surface area contributed by atoms with Crippen molar-refractivity contribution in [3.8, 4) is 28.3 Å². The Hall–Kier alpha value is -3.42. The summed E-state index contributed by atoms with van der Waals surface area (Å²) in [6, 6.07) is 15.7. The summed E-state index contributed by atoms with van der Waals surface area (Å²) < 4.78 is 10.8. The molecule has 2 aromatic carbocycles. The van der Waals surface area contributed by atoms with Crippen LogP contribution < -0.4 is 10.1 Å². The fraction of sp³-hybridized carbons (Fsp3) is 0.0870. The Bertz CT molecular complexity index is 1260. The van der Waals surface area contributed by atoms with Gasteiger partial charge in [-0.25, -0.2) is 4.98 Å². The molecule has 8 heteroatoms. The molecule has 0 bridgehead atoms. The Morgan fingerprint density at radius 1 is 1.06 bits per heavy atom. The highest BCUT2D eigenvalue weighted by molar-refractivity contribution is 7.14. The summed E-state index contributed by atoms with van der Waals surface area (Å²) in [6.07, 6.45) is 0. The van der Waals surface area contributed by atoms with E-state index < -0.39 is 5.91 Å². The van der Waals surface area contributed by atoms with Gasteiger partial charge in [-0.3, -0.25) is 14.9 Å². The van der Waals surface area contributed by atoms with Gasteiger partial charge >= 0.3 is 0 Å². The number of hydrogen-bond acceptors (Lipinski definition) is 6. The third-order valence-corrected chi connectivity index (χ3v) is 5.63. The molecule has 2 heterocycles. The fourth-order valence-electron chi connectivity index (χ4n) is 2.93. The predicted octanol–water partition coefficient (Wildman–Crippen LogP) is 6.19. The summed E-state index contributed by atoms with van der Waals surface area (Å²) in [5.74, 6) is 0.868. The van der Waals surface area contributed by atoms with Crippen molar-refractivity contribution in [2.24, 2.45) is 0 Å². The number of anilines is 1. The number of Topliss-reactive ketones (excluding diaryl/α,β-unsaturated/α-hetero) is 1. The minimum absolute atomic E-state index is 0.00853. The highest BCUT2D eigenvalue weighted by Crippen LogP contribution is 2.32. The minimum Gasteiger partial charge on any atom is -0.495 e. The first-order valence-electron chi connectivity index (χ1n) is 9.26. The second kappa shape index (κ2) is 8.75. The number of ether oxygens (including phenoxy) is 1. The number of rotatable bonds is 6. The predicted molar refractivity (Wildman–Crippen MR) is 121 cm³/mol. The van der Waals surface area contributed by atoms with Gasteiger partial charge in [0.2, 0.25) is 0 Å². The molecule has 6 nitrogen and oxygen atoms in total. The van der Waals surface area contributed by atoms with Crippen LogP contribution in [0.1, 0.15) is 27.8 Å². The zero-order valence-corrected chi connectivity index (χ0v) is 18.2. The maximum absolute atomic E-state index is 12.6. The van der Waals surface area contributed by atoms with Gasteiger partial charge in [-0.2, -0.15) is 0 Å². The first-order valence-corrected chi connectivity index (χ1v) is 10.5. The van der Waals surface area contributed by atoms with Crippen LogP contribution >= 0.6 is 22.9 Å². The smallest absolute Gasteiger partial charge is 0.293 e. The number of furan rings is 1. The lowest BCUT2D eigenvalue weighted by atomic mass is 10.1. The average molecular weight is 453 g/mol. The second-order valence-corrected chi connectivity index (χ2v) is 7.90. The largest absolute Gasteiger partial charge is 0.495 e. The van der Waals surface area contributed by atoms with Crippen LogP contribution in [-0.4, -0.2) is 23.8 Å². The topological polar surface area (TPSA) is 81.4 Å². The number of aromatic nitrogens is 1. The van der Waals surface area contributed by atoms with Crippen LogP contribution in [0.3, 0.4) is 0 Å². The molecule has 0 aliphatic rings. The van der Waals surface area contributed by atoms with E-state index in [0.29, 0.717) is 32.9 Å². The van der Waals surface area contributed by atoms with Crippen molar-refractivity contribution >= 4 is 39.8 Å². The first-order chi connectivity index (χ1) is 14.9. The van der Waals surface area contributed by atoms with E-state index in [1.807, 2.05) is 11.4 Å². The molecule has 0 aliphatic heterocycles. The van der Waals surface area contributed by atoms with Crippen molar-refractivity contribution in [1.29, 1.82) is 0 Å². The van der Waals surface area contributed by atoms with Crippen LogP contribution in [0.2, 0.25) is 5.02 Å². The zero-order valence-electron chi connectivity index (χ0n) is 16.6. The normalized spacial score (nSPS) is 10.7. The van der Waals surface area contributed by atoms with E-state index >= 15 is 0 Å². The third kappa shape index (κ3) is 4.52. The quantitative estimate of drug-likeness (QED) is 0.353. The molecular weight excluding hydrogens is 436 g/mol. The Morgan fingerprint density at radius 3 is 2.48 bits per heavy atom. The molecule has 0 saturated heterocycles. The molecular formula is C23H17ClN2O4S. The molecule has 2 aromatic heterocycles. The summed E-state index contributed by atoms with van der Waals surface area (Å²) in [7, 11) is 1.55. The Balaban J connectivity index is 1.47. The number of benzene rings is 2. The lowest BCUT2D eigenvalue weighted by Gasteiger charge is -2.04. The SMILES string of the molecule is COc1ccc(-c2csc(NC(=O)c3ccc(-c4ccc(C(C)=O)cc4)o3)n2)cc1Cl. The Labute approximate surface area is 187 Å². The van der Waals surface area contributed by atoms with Crippen LogP contribution in [0.4, 0.5) is 5.13 Å². The maximum Gasteiger partial charge on any atom is 0.293 e. The van der Waals surface area contributed by atoms with Gasteiger partial charge in [-0.15, -0.1) is 11.3 Å². The molecule has 0 fully saturated rings. The van der Waals surface area contributed by atoms with Gasteiger partial charge in [-0.1, -0.05) is 35.9 Å². The molecule has 0 aliphatic carbocycles. The van der Waals surface area contributed by atoms with E-state index in [2.05, 4.69) is 10.3 Å². The highest BCUT2D eigenvalue weighted by atomic mass is 35.5. The van der Waals surface area contributed by atoms with Crippen molar-refractivity contribution < 1.29 is 18.7 Å². The number of nitrogens with one attached hydrogen (secondary N) is 1. The summed E-state index contributed by atoms with van der Waals surface area (Å²) >= 11 is 7.48.